The summed E-state index contributed by atoms with van der Waals surface area (Å²) in [5.74, 6) is 0. The molecule has 3 heterocycles. The number of para-hydroxylation sites is 1. The first kappa shape index (κ1) is 16.4. The molecule has 2 aromatic carbocycles. The number of hydrogen-bond donors (Lipinski definition) is 0. The van der Waals surface area contributed by atoms with E-state index in [0.717, 1.165) is 21.5 Å². The van der Waals surface area contributed by atoms with Crippen molar-refractivity contribution in [2.24, 2.45) is 0 Å². The molecule has 0 amide bonds. The molecule has 0 aliphatic carbocycles. The monoisotopic (exact) mass is 391 g/mol. The molecule has 4 nitrogen and oxygen atoms in total. The predicted octanol–water partition coefficient (Wildman–Crippen LogP) is 5.39. The van der Waals surface area contributed by atoms with Crippen molar-refractivity contribution in [2.75, 3.05) is 0 Å². The van der Waals surface area contributed by atoms with Crippen LogP contribution in [0.5, 0.6) is 0 Å². The molecule has 0 unspecified atom stereocenters. The highest BCUT2D eigenvalue weighted by molar-refractivity contribution is 7.17. The molecular formula is C21H14ClN3OS. The Hall–Kier alpha value is -2.76. The molecule has 0 aliphatic heterocycles. The number of nitrogens with zero attached hydrogens (tertiary/aromatic N) is 3. The van der Waals surface area contributed by atoms with Gasteiger partial charge in [0.05, 0.1) is 27.1 Å². The topological polar surface area (TPSA) is 47.3 Å². The fourth-order valence-corrected chi connectivity index (χ4v) is 4.66. The van der Waals surface area contributed by atoms with Crippen LogP contribution in [0, 0.1) is 13.8 Å². The summed E-state index contributed by atoms with van der Waals surface area (Å²) >= 11 is 7.78. The van der Waals surface area contributed by atoms with Gasteiger partial charge >= 0.3 is 0 Å². The van der Waals surface area contributed by atoms with Crippen molar-refractivity contribution >= 4 is 49.7 Å². The van der Waals surface area contributed by atoms with Crippen LogP contribution in [0.1, 0.15) is 10.4 Å². The molecule has 3 aromatic heterocycles. The highest BCUT2D eigenvalue weighted by atomic mass is 35.5. The smallest absolute Gasteiger partial charge is 0.268 e. The van der Waals surface area contributed by atoms with Gasteiger partial charge in [-0.1, -0.05) is 53.6 Å². The summed E-state index contributed by atoms with van der Waals surface area (Å²) in [5.41, 5.74) is 4.27. The van der Waals surface area contributed by atoms with E-state index in [4.69, 9.17) is 16.6 Å². The maximum absolute atomic E-state index is 13.3. The van der Waals surface area contributed by atoms with Crippen LogP contribution in [0.3, 0.4) is 0 Å². The van der Waals surface area contributed by atoms with Gasteiger partial charge in [0.2, 0.25) is 0 Å². The Morgan fingerprint density at radius 2 is 1.78 bits per heavy atom. The van der Waals surface area contributed by atoms with Crippen LogP contribution in [0.4, 0.5) is 0 Å². The zero-order valence-corrected chi connectivity index (χ0v) is 16.2. The maximum Gasteiger partial charge on any atom is 0.268 e. The van der Waals surface area contributed by atoms with Gasteiger partial charge in [-0.3, -0.25) is 14.2 Å². The van der Waals surface area contributed by atoms with Crippen molar-refractivity contribution in [3.05, 3.63) is 74.5 Å². The van der Waals surface area contributed by atoms with E-state index in [1.165, 1.54) is 16.9 Å². The van der Waals surface area contributed by atoms with Gasteiger partial charge in [0.1, 0.15) is 0 Å². The number of aryl methyl sites for hydroxylation is 2. The normalized spacial score (nSPS) is 11.7. The van der Waals surface area contributed by atoms with Crippen molar-refractivity contribution < 1.29 is 0 Å². The number of fused-ring (bicyclic) bond motifs is 4. The number of hydrogen-bond acceptors (Lipinski definition) is 4. The maximum atomic E-state index is 13.3. The Kier molecular flexibility index (Phi) is 3.57. The van der Waals surface area contributed by atoms with Crippen molar-refractivity contribution in [3.63, 3.8) is 0 Å². The second kappa shape index (κ2) is 5.87. The molecule has 0 atom stereocenters. The first-order valence-electron chi connectivity index (χ1n) is 8.51. The van der Waals surface area contributed by atoms with E-state index in [1.807, 2.05) is 38.1 Å². The van der Waals surface area contributed by atoms with Crippen LogP contribution in [0.15, 0.2) is 53.5 Å². The summed E-state index contributed by atoms with van der Waals surface area (Å²) in [6, 6.07) is 13.7. The van der Waals surface area contributed by atoms with Gasteiger partial charge in [0, 0.05) is 16.5 Å². The van der Waals surface area contributed by atoms with Crippen LogP contribution < -0.4 is 5.56 Å². The molecule has 0 bridgehead atoms. The molecular weight excluding hydrogens is 378 g/mol. The average molecular weight is 392 g/mol. The lowest BCUT2D eigenvalue weighted by molar-refractivity contribution is 1.11. The zero-order chi connectivity index (χ0) is 18.7. The Morgan fingerprint density at radius 1 is 1.00 bits per heavy atom. The lowest BCUT2D eigenvalue weighted by atomic mass is 10.1. The minimum atomic E-state index is -0.107. The second-order valence-electron chi connectivity index (χ2n) is 6.56. The van der Waals surface area contributed by atoms with Crippen molar-refractivity contribution in [2.45, 2.75) is 13.8 Å². The molecule has 0 aliphatic rings. The zero-order valence-electron chi connectivity index (χ0n) is 14.7. The first-order chi connectivity index (χ1) is 13.0. The number of thiazole rings is 1. The summed E-state index contributed by atoms with van der Waals surface area (Å²) in [7, 11) is 0. The Bertz CT molecular complexity index is 1420. The predicted molar refractivity (Wildman–Crippen MR) is 112 cm³/mol. The van der Waals surface area contributed by atoms with Crippen molar-refractivity contribution in [1.82, 2.24) is 14.4 Å². The van der Waals surface area contributed by atoms with Gasteiger partial charge in [-0.05, 0) is 25.5 Å². The van der Waals surface area contributed by atoms with E-state index < -0.39 is 0 Å². The molecule has 0 saturated carbocycles. The molecule has 27 heavy (non-hydrogen) atoms. The van der Waals surface area contributed by atoms with E-state index in [9.17, 15) is 4.79 Å². The number of rotatable bonds is 1. The van der Waals surface area contributed by atoms with Gasteiger partial charge in [0.25, 0.3) is 5.56 Å². The van der Waals surface area contributed by atoms with Crippen LogP contribution in [0.2, 0.25) is 5.02 Å². The van der Waals surface area contributed by atoms with Gasteiger partial charge in [0.15, 0.2) is 4.96 Å². The summed E-state index contributed by atoms with van der Waals surface area (Å²) < 4.78 is 1.70. The van der Waals surface area contributed by atoms with Crippen LogP contribution in [-0.2, 0) is 0 Å². The Morgan fingerprint density at radius 3 is 2.56 bits per heavy atom. The SMILES string of the molecule is Cc1ccc(-c2c(C)sc3nc4c(cnc5c(Cl)cccc54)c(=O)n23)cc1. The molecule has 5 rings (SSSR count). The molecule has 0 saturated heterocycles. The molecule has 0 spiro atoms. The Balaban J connectivity index is 1.94. The van der Waals surface area contributed by atoms with E-state index in [1.54, 1.807) is 16.7 Å². The molecule has 0 radical (unpaired) electrons. The second-order valence-corrected chi connectivity index (χ2v) is 8.15. The highest BCUT2D eigenvalue weighted by Gasteiger charge is 2.18. The highest BCUT2D eigenvalue weighted by Crippen LogP contribution is 2.32. The lowest BCUT2D eigenvalue weighted by Crippen LogP contribution is -2.15. The average Bonchev–Trinajstić information content (AvgIpc) is 2.99. The number of halogens is 1. The molecule has 0 fully saturated rings. The first-order valence-corrected chi connectivity index (χ1v) is 9.70. The fraction of sp³-hybridized carbons (Fsp3) is 0.0952. The number of benzene rings is 2. The summed E-state index contributed by atoms with van der Waals surface area (Å²) in [4.78, 5) is 24.3. The van der Waals surface area contributed by atoms with E-state index >= 15 is 0 Å². The summed E-state index contributed by atoms with van der Waals surface area (Å²) in [6.07, 6.45) is 1.58. The van der Waals surface area contributed by atoms with Gasteiger partial charge in [-0.2, -0.15) is 0 Å². The fourth-order valence-electron chi connectivity index (χ4n) is 3.46. The summed E-state index contributed by atoms with van der Waals surface area (Å²) in [5, 5.41) is 1.84. The van der Waals surface area contributed by atoms with E-state index in [0.29, 0.717) is 26.4 Å². The minimum Gasteiger partial charge on any atom is -0.268 e. The quantitative estimate of drug-likeness (QED) is 0.360. The Labute approximate surface area is 163 Å². The van der Waals surface area contributed by atoms with Gasteiger partial charge in [-0.15, -0.1) is 11.3 Å². The van der Waals surface area contributed by atoms with Crippen molar-refractivity contribution in [1.29, 1.82) is 0 Å². The summed E-state index contributed by atoms with van der Waals surface area (Å²) in [6.45, 7) is 4.07. The third-order valence-electron chi connectivity index (χ3n) is 4.78. The lowest BCUT2D eigenvalue weighted by Gasteiger charge is -2.07. The van der Waals surface area contributed by atoms with E-state index in [-0.39, 0.29) is 5.56 Å². The van der Waals surface area contributed by atoms with Crippen LogP contribution in [0.25, 0.3) is 38.0 Å². The molecule has 5 aromatic rings. The van der Waals surface area contributed by atoms with Crippen LogP contribution >= 0.6 is 22.9 Å². The van der Waals surface area contributed by atoms with Gasteiger partial charge < -0.3 is 0 Å². The number of aromatic nitrogens is 3. The van der Waals surface area contributed by atoms with Crippen LogP contribution in [-0.4, -0.2) is 14.4 Å². The molecule has 132 valence electrons. The van der Waals surface area contributed by atoms with Gasteiger partial charge in [-0.25, -0.2) is 4.98 Å². The molecule has 6 heteroatoms. The minimum absolute atomic E-state index is 0.107. The van der Waals surface area contributed by atoms with E-state index in [2.05, 4.69) is 17.1 Å². The third-order valence-corrected chi connectivity index (χ3v) is 6.04. The number of pyridine rings is 1. The third kappa shape index (κ3) is 2.39. The standard InChI is InChI=1S/C21H14ClN3OS/c1-11-6-8-13(9-7-11)19-12(2)27-21-24-17-14-4-3-5-16(22)18(14)23-10-15(17)20(26)25(19)21/h3-10H,1-2H3. The molecule has 0 N–H and O–H groups in total. The largest absolute Gasteiger partial charge is 0.268 e. The van der Waals surface area contributed by atoms with Crippen molar-refractivity contribution in [3.8, 4) is 11.3 Å².